The van der Waals surface area contributed by atoms with Crippen LogP contribution in [0.5, 0.6) is 17.2 Å². The first kappa shape index (κ1) is 15.5. The van der Waals surface area contributed by atoms with Gasteiger partial charge in [0, 0.05) is 6.54 Å². The maximum atomic E-state index is 12.0. The van der Waals surface area contributed by atoms with Gasteiger partial charge in [-0.2, -0.15) is 0 Å². The zero-order valence-electron chi connectivity index (χ0n) is 12.3. The van der Waals surface area contributed by atoms with E-state index >= 15 is 0 Å². The molecule has 0 saturated heterocycles. The van der Waals surface area contributed by atoms with Gasteiger partial charge in [-0.1, -0.05) is 23.7 Å². The molecule has 5 nitrogen and oxygen atoms in total. The van der Waals surface area contributed by atoms with E-state index in [0.717, 1.165) is 5.56 Å². The molecular formula is C17H16ClNO4. The van der Waals surface area contributed by atoms with E-state index in [1.54, 1.807) is 24.3 Å². The number of halogens is 1. The predicted molar refractivity (Wildman–Crippen MR) is 86.6 cm³/mol. The van der Waals surface area contributed by atoms with E-state index in [0.29, 0.717) is 42.7 Å². The Balaban J connectivity index is 1.62. The number of hydrogen-bond donors (Lipinski definition) is 2. The maximum Gasteiger partial charge on any atom is 0.255 e. The van der Waals surface area contributed by atoms with Crippen LogP contribution >= 0.6 is 11.6 Å². The number of phenolic OH excluding ortho intramolecular Hbond substituents is 1. The number of carbonyl (C=O) groups is 1. The van der Waals surface area contributed by atoms with Gasteiger partial charge < -0.3 is 19.9 Å². The Morgan fingerprint density at radius 1 is 1.22 bits per heavy atom. The molecule has 0 saturated carbocycles. The summed E-state index contributed by atoms with van der Waals surface area (Å²) in [6.07, 6.45) is 0.593. The maximum absolute atomic E-state index is 12.0. The SMILES string of the molecule is O=C(NCCc1cc(Cl)c2c(c1)OCCO2)c1ccccc1O. The van der Waals surface area contributed by atoms with Crippen molar-refractivity contribution in [1.29, 1.82) is 0 Å². The van der Waals surface area contributed by atoms with Crippen LogP contribution < -0.4 is 14.8 Å². The zero-order chi connectivity index (χ0) is 16.2. The minimum absolute atomic E-state index is 0.0348. The summed E-state index contributed by atoms with van der Waals surface area (Å²) in [5, 5.41) is 12.9. The first-order valence-electron chi connectivity index (χ1n) is 7.29. The van der Waals surface area contributed by atoms with Crippen molar-refractivity contribution in [3.63, 3.8) is 0 Å². The van der Waals surface area contributed by atoms with E-state index in [9.17, 15) is 9.90 Å². The van der Waals surface area contributed by atoms with Gasteiger partial charge in [0.1, 0.15) is 19.0 Å². The Kier molecular flexibility index (Phi) is 4.57. The van der Waals surface area contributed by atoms with E-state index < -0.39 is 0 Å². The highest BCUT2D eigenvalue weighted by molar-refractivity contribution is 6.32. The number of fused-ring (bicyclic) bond motifs is 1. The van der Waals surface area contributed by atoms with Gasteiger partial charge in [-0.3, -0.25) is 4.79 Å². The van der Waals surface area contributed by atoms with Crippen LogP contribution in [0.1, 0.15) is 15.9 Å². The number of amides is 1. The minimum Gasteiger partial charge on any atom is -0.507 e. The highest BCUT2D eigenvalue weighted by Gasteiger charge is 2.16. The summed E-state index contributed by atoms with van der Waals surface area (Å²) in [4.78, 5) is 12.0. The van der Waals surface area contributed by atoms with Crippen LogP contribution in [-0.4, -0.2) is 30.8 Å². The summed E-state index contributed by atoms with van der Waals surface area (Å²) in [5.41, 5.74) is 1.20. The number of para-hydroxylation sites is 1. The van der Waals surface area contributed by atoms with Gasteiger partial charge >= 0.3 is 0 Å². The van der Waals surface area contributed by atoms with Crippen molar-refractivity contribution in [1.82, 2.24) is 5.32 Å². The Labute approximate surface area is 138 Å². The normalized spacial score (nSPS) is 12.7. The van der Waals surface area contributed by atoms with Gasteiger partial charge in [0.25, 0.3) is 5.91 Å². The molecule has 0 radical (unpaired) electrons. The zero-order valence-corrected chi connectivity index (χ0v) is 13.1. The van der Waals surface area contributed by atoms with Crippen LogP contribution in [0.3, 0.4) is 0 Å². The number of rotatable bonds is 4. The molecule has 0 unspecified atom stereocenters. The third kappa shape index (κ3) is 3.51. The highest BCUT2D eigenvalue weighted by atomic mass is 35.5. The van der Waals surface area contributed by atoms with Gasteiger partial charge in [-0.05, 0) is 36.2 Å². The smallest absolute Gasteiger partial charge is 0.255 e. The molecule has 1 aliphatic heterocycles. The van der Waals surface area contributed by atoms with Gasteiger partial charge in [0.15, 0.2) is 11.5 Å². The predicted octanol–water partition coefficient (Wildman–Crippen LogP) is 2.79. The number of hydrogen-bond acceptors (Lipinski definition) is 4. The second-order valence-corrected chi connectivity index (χ2v) is 5.53. The Morgan fingerprint density at radius 2 is 2.00 bits per heavy atom. The number of nitrogens with one attached hydrogen (secondary N) is 1. The summed E-state index contributed by atoms with van der Waals surface area (Å²) in [7, 11) is 0. The Morgan fingerprint density at radius 3 is 2.83 bits per heavy atom. The second-order valence-electron chi connectivity index (χ2n) is 5.12. The molecule has 2 aromatic rings. The molecule has 6 heteroatoms. The molecule has 23 heavy (non-hydrogen) atoms. The lowest BCUT2D eigenvalue weighted by molar-refractivity contribution is 0.0951. The molecule has 1 aliphatic rings. The largest absolute Gasteiger partial charge is 0.507 e. The molecule has 0 bridgehead atoms. The van der Waals surface area contributed by atoms with Crippen LogP contribution in [0.25, 0.3) is 0 Å². The molecule has 2 aromatic carbocycles. The molecule has 1 amide bonds. The number of ether oxygens (including phenoxy) is 2. The minimum atomic E-state index is -0.313. The van der Waals surface area contributed by atoms with Gasteiger partial charge in [0.2, 0.25) is 0 Å². The first-order chi connectivity index (χ1) is 11.1. The molecular weight excluding hydrogens is 318 g/mol. The van der Waals surface area contributed by atoms with Crippen molar-refractivity contribution in [3.05, 3.63) is 52.5 Å². The van der Waals surface area contributed by atoms with Crippen LogP contribution in [0.2, 0.25) is 5.02 Å². The van der Waals surface area contributed by atoms with Crippen molar-refractivity contribution in [2.75, 3.05) is 19.8 Å². The quantitative estimate of drug-likeness (QED) is 0.902. The fourth-order valence-corrected chi connectivity index (χ4v) is 2.68. The van der Waals surface area contributed by atoms with E-state index in [4.69, 9.17) is 21.1 Å². The average Bonchev–Trinajstić information content (AvgIpc) is 2.55. The third-order valence-corrected chi connectivity index (χ3v) is 3.79. The molecule has 3 rings (SSSR count). The summed E-state index contributed by atoms with van der Waals surface area (Å²) >= 11 is 6.18. The third-order valence-electron chi connectivity index (χ3n) is 3.50. The fourth-order valence-electron chi connectivity index (χ4n) is 2.39. The van der Waals surface area contributed by atoms with Gasteiger partial charge in [-0.25, -0.2) is 0 Å². The second kappa shape index (κ2) is 6.79. The van der Waals surface area contributed by atoms with Crippen molar-refractivity contribution in [3.8, 4) is 17.2 Å². The Bertz CT molecular complexity index is 733. The molecule has 2 N–H and O–H groups in total. The number of carbonyl (C=O) groups excluding carboxylic acids is 1. The van der Waals surface area contributed by atoms with E-state index in [-0.39, 0.29) is 17.2 Å². The van der Waals surface area contributed by atoms with Gasteiger partial charge in [0.05, 0.1) is 10.6 Å². The lowest BCUT2D eigenvalue weighted by atomic mass is 10.1. The monoisotopic (exact) mass is 333 g/mol. The molecule has 0 spiro atoms. The summed E-state index contributed by atoms with van der Waals surface area (Å²) in [5.74, 6) is 0.852. The molecule has 0 atom stereocenters. The van der Waals surface area contributed by atoms with Crippen molar-refractivity contribution >= 4 is 17.5 Å². The van der Waals surface area contributed by atoms with Crippen molar-refractivity contribution in [2.45, 2.75) is 6.42 Å². The first-order valence-corrected chi connectivity index (χ1v) is 7.67. The van der Waals surface area contributed by atoms with E-state index in [2.05, 4.69) is 5.32 Å². The summed E-state index contributed by atoms with van der Waals surface area (Å²) in [6, 6.07) is 10.1. The lowest BCUT2D eigenvalue weighted by Gasteiger charge is -2.20. The molecule has 0 aliphatic carbocycles. The number of benzene rings is 2. The van der Waals surface area contributed by atoms with E-state index in [1.165, 1.54) is 6.07 Å². The number of aromatic hydroxyl groups is 1. The van der Waals surface area contributed by atoms with Crippen LogP contribution in [0.15, 0.2) is 36.4 Å². The van der Waals surface area contributed by atoms with Crippen LogP contribution in [0.4, 0.5) is 0 Å². The van der Waals surface area contributed by atoms with Crippen LogP contribution in [-0.2, 0) is 6.42 Å². The molecule has 0 fully saturated rings. The van der Waals surface area contributed by atoms with Crippen molar-refractivity contribution < 1.29 is 19.4 Å². The molecule has 120 valence electrons. The average molecular weight is 334 g/mol. The summed E-state index contributed by atoms with van der Waals surface area (Å²) < 4.78 is 11.0. The Hall–Kier alpha value is -2.40. The standard InChI is InChI=1S/C17H16ClNO4/c18-13-9-11(10-15-16(13)23-8-7-22-15)5-6-19-17(21)12-3-1-2-4-14(12)20/h1-4,9-10,20H,5-8H2,(H,19,21). The van der Waals surface area contributed by atoms with Crippen molar-refractivity contribution in [2.24, 2.45) is 0 Å². The lowest BCUT2D eigenvalue weighted by Crippen LogP contribution is -2.25. The highest BCUT2D eigenvalue weighted by Crippen LogP contribution is 2.38. The van der Waals surface area contributed by atoms with Gasteiger partial charge in [-0.15, -0.1) is 0 Å². The van der Waals surface area contributed by atoms with E-state index in [1.807, 2.05) is 6.07 Å². The molecule has 1 heterocycles. The number of phenols is 1. The topological polar surface area (TPSA) is 67.8 Å². The fraction of sp³-hybridized carbons (Fsp3) is 0.235. The van der Waals surface area contributed by atoms with Crippen LogP contribution in [0, 0.1) is 0 Å². The summed E-state index contributed by atoms with van der Waals surface area (Å²) in [6.45, 7) is 1.41. The molecule has 0 aromatic heterocycles.